The first-order valence-corrected chi connectivity index (χ1v) is 15.5. The Labute approximate surface area is 245 Å². The van der Waals surface area contributed by atoms with Crippen LogP contribution in [0.4, 0.5) is 18.9 Å². The molecule has 0 radical (unpaired) electrons. The van der Waals surface area contributed by atoms with Crippen molar-refractivity contribution in [2.24, 2.45) is 17.8 Å². The van der Waals surface area contributed by atoms with Crippen LogP contribution in [0.1, 0.15) is 48.9 Å². The molecule has 3 saturated carbocycles. The number of carbonyl (C=O) groups excluding carboxylic acids is 2. The lowest BCUT2D eigenvalue weighted by atomic mass is 9.74. The molecule has 2 aromatic carbocycles. The van der Waals surface area contributed by atoms with Crippen molar-refractivity contribution in [2.45, 2.75) is 66.5 Å². The quantitative estimate of drug-likeness (QED) is 0.295. The average Bonchev–Trinajstić information content (AvgIpc) is 3.31. The monoisotopic (exact) mass is 630 g/mol. The predicted molar refractivity (Wildman–Crippen MR) is 145 cm³/mol. The van der Waals surface area contributed by atoms with Gasteiger partial charge in [0.1, 0.15) is 0 Å². The fourth-order valence-electron chi connectivity index (χ4n) is 6.61. The summed E-state index contributed by atoms with van der Waals surface area (Å²) in [5.41, 5.74) is -1.86. The van der Waals surface area contributed by atoms with E-state index in [9.17, 15) is 46.5 Å². The Hall–Kier alpha value is -2.71. The van der Waals surface area contributed by atoms with Gasteiger partial charge in [0, 0.05) is 35.8 Å². The zero-order valence-electron chi connectivity index (χ0n) is 22.2. The number of hydrogen-bond acceptors (Lipinski definition) is 7. The van der Waals surface area contributed by atoms with Gasteiger partial charge in [-0.25, -0.2) is 21.6 Å². The lowest BCUT2D eigenvalue weighted by molar-refractivity contribution is -0.128. The molecule has 7 atom stereocenters. The minimum Gasteiger partial charge on any atom is -0.390 e. The first kappa shape index (κ1) is 30.7. The minimum atomic E-state index is -4.11. The van der Waals surface area contributed by atoms with Crippen LogP contribution in [-0.4, -0.2) is 65.2 Å². The molecule has 3 aliphatic carbocycles. The maximum absolute atomic E-state index is 13.7. The number of aliphatic hydroxyl groups excluding tert-OH is 2. The maximum atomic E-state index is 13.7. The Morgan fingerprint density at radius 1 is 0.952 bits per heavy atom. The molecule has 0 heterocycles. The molecule has 228 valence electrons. The summed E-state index contributed by atoms with van der Waals surface area (Å²) >= 11 is 6.25. The molecule has 3 fully saturated rings. The van der Waals surface area contributed by atoms with Crippen molar-refractivity contribution in [1.82, 2.24) is 5.32 Å². The Kier molecular flexibility index (Phi) is 8.36. The molecule has 0 saturated heterocycles. The molecule has 0 aromatic heterocycles. The summed E-state index contributed by atoms with van der Waals surface area (Å²) in [6, 6.07) is 4.70. The van der Waals surface area contributed by atoms with Crippen LogP contribution in [0.25, 0.3) is 0 Å². The van der Waals surface area contributed by atoms with Gasteiger partial charge in [0.05, 0.1) is 33.0 Å². The fourth-order valence-corrected chi connectivity index (χ4v) is 9.01. The lowest BCUT2D eigenvalue weighted by Gasteiger charge is -2.42. The summed E-state index contributed by atoms with van der Waals surface area (Å²) in [6.07, 6.45) is -0.449. The summed E-state index contributed by atoms with van der Waals surface area (Å²) in [6.45, 7) is -0.0857. The molecule has 14 heteroatoms. The Balaban J connectivity index is 1.29. The minimum absolute atomic E-state index is 0.0857. The van der Waals surface area contributed by atoms with Crippen molar-refractivity contribution in [3.05, 3.63) is 58.4 Å². The number of carbonyl (C=O) groups is 2. The number of amides is 2. The van der Waals surface area contributed by atoms with E-state index >= 15 is 0 Å². The number of hydrogen-bond donors (Lipinski definition) is 5. The number of benzene rings is 2. The van der Waals surface area contributed by atoms with E-state index in [4.69, 9.17) is 11.6 Å². The number of halogens is 4. The van der Waals surface area contributed by atoms with Crippen LogP contribution >= 0.6 is 11.6 Å². The highest BCUT2D eigenvalue weighted by Crippen LogP contribution is 2.52. The smallest absolute Gasteiger partial charge is 0.255 e. The van der Waals surface area contributed by atoms with Gasteiger partial charge in [0.25, 0.3) is 5.91 Å². The first-order valence-electron chi connectivity index (χ1n) is 13.6. The molecule has 2 amide bonds. The van der Waals surface area contributed by atoms with Crippen LogP contribution in [0.15, 0.2) is 35.2 Å². The summed E-state index contributed by atoms with van der Waals surface area (Å²) in [4.78, 5) is 25.1. The second-order valence-electron chi connectivity index (χ2n) is 11.5. The van der Waals surface area contributed by atoms with Crippen LogP contribution in [0.2, 0.25) is 5.02 Å². The highest BCUT2D eigenvalue weighted by Gasteiger charge is 2.56. The molecule has 42 heavy (non-hydrogen) atoms. The molecule has 4 unspecified atom stereocenters. The normalized spacial score (nSPS) is 30.7. The number of fused-ring (bicyclic) bond motifs is 2. The van der Waals surface area contributed by atoms with Gasteiger partial charge in [-0.2, -0.15) is 0 Å². The van der Waals surface area contributed by atoms with Gasteiger partial charge in [-0.05, 0) is 68.6 Å². The van der Waals surface area contributed by atoms with Gasteiger partial charge in [-0.1, -0.05) is 11.6 Å². The number of nitrogens with one attached hydrogen (secondary N) is 2. The van der Waals surface area contributed by atoms with Gasteiger partial charge in [0.15, 0.2) is 27.3 Å². The van der Waals surface area contributed by atoms with Crippen molar-refractivity contribution in [2.75, 3.05) is 11.9 Å². The highest BCUT2D eigenvalue weighted by atomic mass is 35.5. The van der Waals surface area contributed by atoms with Crippen molar-refractivity contribution in [1.29, 1.82) is 0 Å². The number of sulfone groups is 1. The number of aliphatic hydroxyl groups is 3. The molecule has 3 aliphatic rings. The van der Waals surface area contributed by atoms with E-state index in [-0.39, 0.29) is 59.3 Å². The predicted octanol–water partition coefficient (Wildman–Crippen LogP) is 2.95. The molecular formula is C28H30ClF3N2O7S. The van der Waals surface area contributed by atoms with Crippen molar-refractivity contribution in [3.8, 4) is 0 Å². The molecule has 9 nitrogen and oxygen atoms in total. The van der Waals surface area contributed by atoms with Crippen molar-refractivity contribution < 1.29 is 46.5 Å². The van der Waals surface area contributed by atoms with Crippen LogP contribution in [0.3, 0.4) is 0 Å². The Morgan fingerprint density at radius 2 is 1.52 bits per heavy atom. The second kappa shape index (κ2) is 11.4. The van der Waals surface area contributed by atoms with E-state index in [2.05, 4.69) is 10.6 Å². The third kappa shape index (κ3) is 5.64. The van der Waals surface area contributed by atoms with Gasteiger partial charge in [0.2, 0.25) is 5.91 Å². The van der Waals surface area contributed by atoms with E-state index in [0.29, 0.717) is 25.0 Å². The Morgan fingerprint density at radius 3 is 2.10 bits per heavy atom. The maximum Gasteiger partial charge on any atom is 0.255 e. The van der Waals surface area contributed by atoms with E-state index in [1.807, 2.05) is 0 Å². The van der Waals surface area contributed by atoms with Gasteiger partial charge >= 0.3 is 0 Å². The molecule has 2 bridgehead atoms. The van der Waals surface area contributed by atoms with Crippen LogP contribution < -0.4 is 10.6 Å². The van der Waals surface area contributed by atoms with E-state index < -0.39 is 74.0 Å². The summed E-state index contributed by atoms with van der Waals surface area (Å²) in [5, 5.41) is 34.9. The zero-order chi connectivity index (χ0) is 30.6. The van der Waals surface area contributed by atoms with Crippen molar-refractivity contribution in [3.63, 3.8) is 0 Å². The lowest BCUT2D eigenvalue weighted by Crippen LogP contribution is -2.55. The Bertz CT molecular complexity index is 1480. The van der Waals surface area contributed by atoms with Crippen LogP contribution in [0.5, 0.6) is 0 Å². The van der Waals surface area contributed by atoms with Crippen molar-refractivity contribution >= 4 is 38.9 Å². The standard InChI is InChI=1S/C28H30ClF3N2O7S/c29-19-4-1-13(27(38)34-17-10-20(30)25(32)21(31)11-17)7-24(19)42(40,41)18-8-15-2-3-16(9-18)28(15,39)12-33-26(37)14-5-22(35)23(36)6-14/h1,4,7,10-11,14-16,18,22-23,35-36,39H,2-3,5-6,8-9,12H2,(H,33,37)(H,34,38)/t14?,15-,16?,18?,22-,23+,28?/m0/s1. The summed E-state index contributed by atoms with van der Waals surface area (Å²) < 4.78 is 67.9. The van der Waals surface area contributed by atoms with Gasteiger partial charge in [-0.3, -0.25) is 9.59 Å². The average molecular weight is 631 g/mol. The molecule has 5 rings (SSSR count). The van der Waals surface area contributed by atoms with E-state index in [1.54, 1.807) is 0 Å². The molecule has 2 aromatic rings. The van der Waals surface area contributed by atoms with E-state index in [1.165, 1.54) is 12.1 Å². The number of rotatable bonds is 7. The second-order valence-corrected chi connectivity index (χ2v) is 14.1. The van der Waals surface area contributed by atoms with E-state index in [0.717, 1.165) is 6.07 Å². The third-order valence-electron chi connectivity index (χ3n) is 8.97. The summed E-state index contributed by atoms with van der Waals surface area (Å²) in [5.74, 6) is -7.46. The van der Waals surface area contributed by atoms with Gasteiger partial charge in [-0.15, -0.1) is 0 Å². The SMILES string of the molecule is O=C(Nc1cc(F)c(F)c(F)c1)c1ccc(Cl)c(S(=O)(=O)C2CC3CC[C@@H](C2)C3(O)CNC(=O)C2C[C@@H](O)[C@@H](O)C2)c1. The van der Waals surface area contributed by atoms with Crippen LogP contribution in [0, 0.1) is 35.2 Å². The molecular weight excluding hydrogens is 601 g/mol. The third-order valence-corrected chi connectivity index (χ3v) is 11.6. The van der Waals surface area contributed by atoms with Crippen LogP contribution in [-0.2, 0) is 14.6 Å². The molecule has 0 spiro atoms. The van der Waals surface area contributed by atoms with Gasteiger partial charge < -0.3 is 26.0 Å². The fraction of sp³-hybridized carbons (Fsp3) is 0.500. The largest absolute Gasteiger partial charge is 0.390 e. The molecule has 5 N–H and O–H groups in total. The zero-order valence-corrected chi connectivity index (χ0v) is 23.8. The first-order chi connectivity index (χ1) is 19.7. The number of anilines is 1. The molecule has 0 aliphatic heterocycles. The summed E-state index contributed by atoms with van der Waals surface area (Å²) in [7, 11) is -4.11. The topological polar surface area (TPSA) is 153 Å². The highest BCUT2D eigenvalue weighted by molar-refractivity contribution is 7.92.